The number of carbonyl (C=O) groups excluding carboxylic acids is 1. The molecule has 120 valence electrons. The highest BCUT2D eigenvalue weighted by Crippen LogP contribution is 2.35. The van der Waals surface area contributed by atoms with Gasteiger partial charge in [0.25, 0.3) is 5.91 Å². The van der Waals surface area contributed by atoms with E-state index in [1.165, 1.54) is 28.8 Å². The molecule has 1 amide bonds. The zero-order valence-electron chi connectivity index (χ0n) is 12.2. The van der Waals surface area contributed by atoms with Gasteiger partial charge in [0.2, 0.25) is 0 Å². The van der Waals surface area contributed by atoms with Crippen molar-refractivity contribution in [3.8, 4) is 0 Å². The van der Waals surface area contributed by atoms with Gasteiger partial charge >= 0.3 is 5.97 Å². The van der Waals surface area contributed by atoms with E-state index in [1.54, 1.807) is 48.8 Å². The van der Waals surface area contributed by atoms with Crippen molar-refractivity contribution >= 4 is 51.9 Å². The van der Waals surface area contributed by atoms with Crippen molar-refractivity contribution in [3.63, 3.8) is 0 Å². The van der Waals surface area contributed by atoms with Gasteiger partial charge in [0, 0.05) is 0 Å². The average Bonchev–Trinajstić information content (AvgIpc) is 3.16. The molecular formula is C17H11NO4S2. The first-order valence-corrected chi connectivity index (χ1v) is 8.10. The number of aromatic carboxylic acids is 1. The lowest BCUT2D eigenvalue weighted by Gasteiger charge is -2.14. The van der Waals surface area contributed by atoms with Crippen LogP contribution < -0.4 is 4.90 Å². The number of anilines is 1. The molecule has 2 heterocycles. The van der Waals surface area contributed by atoms with E-state index in [4.69, 9.17) is 21.7 Å². The van der Waals surface area contributed by atoms with Gasteiger partial charge in [0.1, 0.15) is 5.76 Å². The molecule has 24 heavy (non-hydrogen) atoms. The number of hydrogen-bond donors (Lipinski definition) is 1. The highest BCUT2D eigenvalue weighted by atomic mass is 32.2. The van der Waals surface area contributed by atoms with Crippen molar-refractivity contribution in [2.24, 2.45) is 0 Å². The van der Waals surface area contributed by atoms with Gasteiger partial charge in [0.05, 0.1) is 22.4 Å². The summed E-state index contributed by atoms with van der Waals surface area (Å²) in [4.78, 5) is 25.4. The van der Waals surface area contributed by atoms with Crippen LogP contribution in [-0.4, -0.2) is 21.3 Å². The zero-order chi connectivity index (χ0) is 17.1. The summed E-state index contributed by atoms with van der Waals surface area (Å²) in [5, 5.41) is 9.07. The molecule has 0 radical (unpaired) electrons. The normalized spacial score (nSPS) is 16.5. The maximum absolute atomic E-state index is 12.5. The molecule has 1 saturated heterocycles. The largest absolute Gasteiger partial charge is 0.478 e. The van der Waals surface area contributed by atoms with Gasteiger partial charge in [-0.25, -0.2) is 4.79 Å². The Hall–Kier alpha value is -2.64. The predicted molar refractivity (Wildman–Crippen MR) is 96.9 cm³/mol. The Kier molecular flexibility index (Phi) is 4.64. The molecule has 3 rings (SSSR count). The van der Waals surface area contributed by atoms with Gasteiger partial charge in [0.15, 0.2) is 4.32 Å². The summed E-state index contributed by atoms with van der Waals surface area (Å²) in [6.45, 7) is 0. The Morgan fingerprint density at radius 2 is 2.12 bits per heavy atom. The number of nitrogens with zero attached hydrogens (tertiary/aromatic N) is 1. The lowest BCUT2D eigenvalue weighted by molar-refractivity contribution is -0.113. The topological polar surface area (TPSA) is 70.8 Å². The van der Waals surface area contributed by atoms with Crippen molar-refractivity contribution in [1.29, 1.82) is 0 Å². The molecule has 1 aromatic carbocycles. The summed E-state index contributed by atoms with van der Waals surface area (Å²) >= 11 is 6.42. The van der Waals surface area contributed by atoms with Crippen LogP contribution in [0.1, 0.15) is 16.1 Å². The third-order valence-electron chi connectivity index (χ3n) is 3.20. The van der Waals surface area contributed by atoms with Gasteiger partial charge < -0.3 is 9.52 Å². The van der Waals surface area contributed by atoms with Crippen LogP contribution in [0.15, 0.2) is 64.1 Å². The van der Waals surface area contributed by atoms with Crippen molar-refractivity contribution in [1.82, 2.24) is 0 Å². The molecule has 1 aliphatic rings. The summed E-state index contributed by atoms with van der Waals surface area (Å²) < 4.78 is 5.53. The van der Waals surface area contributed by atoms with E-state index in [0.717, 1.165) is 0 Å². The SMILES string of the molecule is O=C(O)c1cccc(N2C(=O)/C(=C/C=C/c3ccco3)SC2=S)c1. The second kappa shape index (κ2) is 6.86. The smallest absolute Gasteiger partial charge is 0.335 e. The first kappa shape index (κ1) is 16.2. The fraction of sp³-hybridized carbons (Fsp3) is 0. The van der Waals surface area contributed by atoms with Gasteiger partial charge in [-0.1, -0.05) is 36.1 Å². The summed E-state index contributed by atoms with van der Waals surface area (Å²) in [5.41, 5.74) is 0.541. The maximum atomic E-state index is 12.5. The number of thiocarbonyl (C=S) groups is 1. The molecule has 1 aliphatic heterocycles. The van der Waals surface area contributed by atoms with Gasteiger partial charge in [-0.05, 0) is 42.5 Å². The number of furan rings is 1. The van der Waals surface area contributed by atoms with Crippen LogP contribution >= 0.6 is 24.0 Å². The van der Waals surface area contributed by atoms with Crippen LogP contribution in [0.25, 0.3) is 6.08 Å². The summed E-state index contributed by atoms with van der Waals surface area (Å²) in [6.07, 6.45) is 6.66. The van der Waals surface area contributed by atoms with E-state index < -0.39 is 5.97 Å². The summed E-state index contributed by atoms with van der Waals surface area (Å²) in [5.74, 6) is -0.660. The van der Waals surface area contributed by atoms with Crippen LogP contribution in [0.4, 0.5) is 5.69 Å². The first-order valence-electron chi connectivity index (χ1n) is 6.88. The Morgan fingerprint density at radius 1 is 1.29 bits per heavy atom. The van der Waals surface area contributed by atoms with Crippen molar-refractivity contribution < 1.29 is 19.1 Å². The number of benzene rings is 1. The Balaban J connectivity index is 1.84. The number of allylic oxidation sites excluding steroid dienone is 2. The highest BCUT2D eigenvalue weighted by molar-refractivity contribution is 8.27. The van der Waals surface area contributed by atoms with Gasteiger partial charge in [-0.3, -0.25) is 9.69 Å². The summed E-state index contributed by atoms with van der Waals surface area (Å²) in [7, 11) is 0. The minimum absolute atomic E-state index is 0.100. The summed E-state index contributed by atoms with van der Waals surface area (Å²) in [6, 6.07) is 9.69. The number of thioether (sulfide) groups is 1. The number of amides is 1. The van der Waals surface area contributed by atoms with Crippen LogP contribution in [0.3, 0.4) is 0 Å². The molecule has 1 fully saturated rings. The van der Waals surface area contributed by atoms with E-state index in [2.05, 4.69) is 0 Å². The lowest BCUT2D eigenvalue weighted by atomic mass is 10.2. The van der Waals surface area contributed by atoms with E-state index in [-0.39, 0.29) is 11.5 Å². The minimum Gasteiger partial charge on any atom is -0.478 e. The van der Waals surface area contributed by atoms with E-state index in [1.807, 2.05) is 0 Å². The number of carboxylic acids is 1. The molecular weight excluding hydrogens is 346 g/mol. The Bertz CT molecular complexity index is 868. The number of carboxylic acid groups (broad SMARTS) is 1. The molecule has 0 spiro atoms. The van der Waals surface area contributed by atoms with Crippen LogP contribution in [0.5, 0.6) is 0 Å². The Labute approximate surface area is 147 Å². The number of carbonyl (C=O) groups is 2. The number of hydrogen-bond acceptors (Lipinski definition) is 5. The fourth-order valence-electron chi connectivity index (χ4n) is 2.10. The molecule has 1 aromatic heterocycles. The van der Waals surface area contributed by atoms with Gasteiger partial charge in [-0.2, -0.15) is 0 Å². The quantitative estimate of drug-likeness (QED) is 0.660. The highest BCUT2D eigenvalue weighted by Gasteiger charge is 2.33. The average molecular weight is 357 g/mol. The molecule has 0 aliphatic carbocycles. The van der Waals surface area contributed by atoms with Crippen molar-refractivity contribution in [3.05, 3.63) is 71.0 Å². The second-order valence-corrected chi connectivity index (χ2v) is 6.45. The second-order valence-electron chi connectivity index (χ2n) is 4.77. The third-order valence-corrected chi connectivity index (χ3v) is 4.52. The first-order chi connectivity index (χ1) is 11.6. The molecule has 0 bridgehead atoms. The van der Waals surface area contributed by atoms with Gasteiger partial charge in [-0.15, -0.1) is 0 Å². The van der Waals surface area contributed by atoms with E-state index in [0.29, 0.717) is 20.7 Å². The maximum Gasteiger partial charge on any atom is 0.335 e. The van der Waals surface area contributed by atoms with Crippen molar-refractivity contribution in [2.75, 3.05) is 4.90 Å². The van der Waals surface area contributed by atoms with Crippen molar-refractivity contribution in [2.45, 2.75) is 0 Å². The number of rotatable bonds is 4. The van der Waals surface area contributed by atoms with Crippen LogP contribution in [-0.2, 0) is 4.79 Å². The molecule has 0 unspecified atom stereocenters. The molecule has 2 aromatic rings. The zero-order valence-corrected chi connectivity index (χ0v) is 13.8. The molecule has 5 nitrogen and oxygen atoms in total. The minimum atomic E-state index is -1.06. The standard InChI is InChI=1S/C17H11NO4S2/c19-15-14(8-2-6-13-7-3-9-22-13)24-17(23)18(15)12-5-1-4-11(10-12)16(20)21/h1-10H,(H,20,21)/b6-2+,14-8-. The third kappa shape index (κ3) is 3.32. The monoisotopic (exact) mass is 357 g/mol. The molecule has 0 atom stereocenters. The molecule has 0 saturated carbocycles. The Morgan fingerprint density at radius 3 is 2.83 bits per heavy atom. The van der Waals surface area contributed by atoms with E-state index in [9.17, 15) is 9.59 Å². The van der Waals surface area contributed by atoms with Crippen LogP contribution in [0.2, 0.25) is 0 Å². The fourth-order valence-corrected chi connectivity index (χ4v) is 3.35. The van der Waals surface area contributed by atoms with E-state index >= 15 is 0 Å². The molecule has 1 N–H and O–H groups in total. The molecule has 7 heteroatoms. The predicted octanol–water partition coefficient (Wildman–Crippen LogP) is 3.94. The van der Waals surface area contributed by atoms with Crippen LogP contribution in [0, 0.1) is 0 Å². The lowest BCUT2D eigenvalue weighted by Crippen LogP contribution is -2.27.